The molecule has 1 atom stereocenters. The highest BCUT2D eigenvalue weighted by Crippen LogP contribution is 2.55. The number of nitrogens with two attached hydrogens (primary N) is 1. The number of alkyl halides is 1. The molecule has 1 nitrogen and oxygen atoms in total. The smallest absolute Gasteiger partial charge is 0.0625 e. The quantitative estimate of drug-likeness (QED) is 0.472. The minimum Gasteiger partial charge on any atom is -0.319 e. The van der Waals surface area contributed by atoms with Crippen molar-refractivity contribution in [2.24, 2.45) is 17.1 Å². The van der Waals surface area contributed by atoms with Crippen LogP contribution in [0.1, 0.15) is 38.5 Å². The Morgan fingerprint density at radius 3 is 2.45 bits per heavy atom. The highest BCUT2D eigenvalue weighted by atomic mass is 127. The molecule has 2 rings (SSSR count). The normalized spacial score (nSPS) is 30.0. The molecule has 2 fully saturated rings. The van der Waals surface area contributed by atoms with Gasteiger partial charge in [0.15, 0.2) is 0 Å². The second-order valence-electron chi connectivity index (χ2n) is 4.25. The third-order valence-electron chi connectivity index (χ3n) is 3.22. The van der Waals surface area contributed by atoms with Gasteiger partial charge >= 0.3 is 0 Å². The first-order valence-electron chi connectivity index (χ1n) is 4.63. The summed E-state index contributed by atoms with van der Waals surface area (Å²) in [7, 11) is 0. The Bertz CT molecular complexity index is 148. The summed E-state index contributed by atoms with van der Waals surface area (Å²) in [6.07, 6.45) is 8.63. The maximum absolute atomic E-state index is 5.93. The Hall–Kier alpha value is 0.690. The van der Waals surface area contributed by atoms with Gasteiger partial charge in [-0.15, -0.1) is 0 Å². The van der Waals surface area contributed by atoms with Gasteiger partial charge in [-0.1, -0.05) is 35.4 Å². The van der Waals surface area contributed by atoms with E-state index in [1.807, 2.05) is 0 Å². The van der Waals surface area contributed by atoms with Gasteiger partial charge in [0.2, 0.25) is 0 Å². The van der Waals surface area contributed by atoms with Gasteiger partial charge in [0.05, 0.1) is 4.05 Å². The third-order valence-corrected chi connectivity index (χ3v) is 4.55. The van der Waals surface area contributed by atoms with Gasteiger partial charge < -0.3 is 5.73 Å². The van der Waals surface area contributed by atoms with Crippen LogP contribution in [0.3, 0.4) is 0 Å². The fourth-order valence-corrected chi connectivity index (χ4v) is 2.66. The van der Waals surface area contributed by atoms with Crippen LogP contribution in [0.5, 0.6) is 0 Å². The molecule has 0 spiro atoms. The minimum absolute atomic E-state index is 0.416. The molecule has 64 valence electrons. The summed E-state index contributed by atoms with van der Waals surface area (Å²) in [5.74, 6) is 1.09. The van der Waals surface area contributed by atoms with E-state index in [0.717, 1.165) is 5.92 Å². The second-order valence-corrected chi connectivity index (χ2v) is 5.59. The van der Waals surface area contributed by atoms with Crippen molar-refractivity contribution in [2.45, 2.75) is 42.6 Å². The summed E-state index contributed by atoms with van der Waals surface area (Å²) in [6.45, 7) is 0. The van der Waals surface area contributed by atoms with Crippen LogP contribution in [0.2, 0.25) is 0 Å². The van der Waals surface area contributed by atoms with Crippen molar-refractivity contribution in [3.8, 4) is 0 Å². The van der Waals surface area contributed by atoms with E-state index < -0.39 is 0 Å². The monoisotopic (exact) mass is 265 g/mol. The molecule has 0 heterocycles. The van der Waals surface area contributed by atoms with Crippen LogP contribution in [0.15, 0.2) is 0 Å². The van der Waals surface area contributed by atoms with Crippen LogP contribution in [0, 0.1) is 11.3 Å². The molecule has 2 aliphatic rings. The number of rotatable bonds is 4. The topological polar surface area (TPSA) is 26.0 Å². The van der Waals surface area contributed by atoms with Crippen molar-refractivity contribution in [3.05, 3.63) is 0 Å². The molecule has 2 heteroatoms. The summed E-state index contributed by atoms with van der Waals surface area (Å²) in [6, 6.07) is 0. The molecule has 0 aromatic heterocycles. The molecule has 11 heavy (non-hydrogen) atoms. The van der Waals surface area contributed by atoms with Gasteiger partial charge in [-0.2, -0.15) is 0 Å². The molecule has 0 bridgehead atoms. The van der Waals surface area contributed by atoms with Crippen LogP contribution >= 0.6 is 22.6 Å². The van der Waals surface area contributed by atoms with E-state index >= 15 is 0 Å². The zero-order chi connectivity index (χ0) is 7.90. The zero-order valence-corrected chi connectivity index (χ0v) is 9.01. The maximum Gasteiger partial charge on any atom is 0.0625 e. The molecule has 1 unspecified atom stereocenters. The molecule has 2 N–H and O–H groups in total. The Morgan fingerprint density at radius 1 is 1.45 bits per heavy atom. The molecular weight excluding hydrogens is 249 g/mol. The zero-order valence-electron chi connectivity index (χ0n) is 6.85. The summed E-state index contributed by atoms with van der Waals surface area (Å²) in [4.78, 5) is 0. The Balaban J connectivity index is 1.74. The van der Waals surface area contributed by atoms with Crippen LogP contribution < -0.4 is 5.73 Å². The first-order valence-corrected chi connectivity index (χ1v) is 5.87. The molecule has 2 saturated carbocycles. The average molecular weight is 265 g/mol. The van der Waals surface area contributed by atoms with E-state index in [2.05, 4.69) is 22.6 Å². The fourth-order valence-electron chi connectivity index (χ4n) is 1.72. The van der Waals surface area contributed by atoms with Gasteiger partial charge in [-0.3, -0.25) is 0 Å². The maximum atomic E-state index is 5.93. The van der Waals surface area contributed by atoms with Crippen molar-refractivity contribution in [3.63, 3.8) is 0 Å². The molecule has 2 aliphatic carbocycles. The molecule has 0 aliphatic heterocycles. The van der Waals surface area contributed by atoms with E-state index in [9.17, 15) is 0 Å². The predicted molar refractivity (Wildman–Crippen MR) is 55.6 cm³/mol. The minimum atomic E-state index is 0.416. The van der Waals surface area contributed by atoms with Crippen molar-refractivity contribution >= 4 is 22.6 Å². The summed E-state index contributed by atoms with van der Waals surface area (Å²) < 4.78 is 0.416. The Labute approximate surface area is 82.2 Å². The van der Waals surface area contributed by atoms with Gasteiger partial charge in [-0.05, 0) is 37.0 Å². The van der Waals surface area contributed by atoms with Crippen molar-refractivity contribution < 1.29 is 0 Å². The van der Waals surface area contributed by atoms with Gasteiger partial charge in [0.25, 0.3) is 0 Å². The summed E-state index contributed by atoms with van der Waals surface area (Å²) in [5.41, 5.74) is 6.51. The molecule has 0 radical (unpaired) electrons. The standard InChI is InChI=1S/C9H16IN/c10-8(11)9(5-6-9)4-3-7-1-2-7/h7-8H,1-6,11H2. The first-order chi connectivity index (χ1) is 5.23. The Morgan fingerprint density at radius 2 is 2.09 bits per heavy atom. The van der Waals surface area contributed by atoms with Crippen molar-refractivity contribution in [1.29, 1.82) is 0 Å². The molecule has 0 aromatic carbocycles. The number of halogens is 1. The molecule has 0 aromatic rings. The van der Waals surface area contributed by atoms with Crippen molar-refractivity contribution in [1.82, 2.24) is 0 Å². The van der Waals surface area contributed by atoms with Gasteiger partial charge in [-0.25, -0.2) is 0 Å². The lowest BCUT2D eigenvalue weighted by molar-refractivity contribution is 0.432. The summed E-state index contributed by atoms with van der Waals surface area (Å²) >= 11 is 2.39. The molecular formula is C9H16IN. The number of hydrogen-bond acceptors (Lipinski definition) is 1. The lowest BCUT2D eigenvalue weighted by atomic mass is 9.99. The molecule has 0 amide bonds. The van der Waals surface area contributed by atoms with Gasteiger partial charge in [0, 0.05) is 0 Å². The largest absolute Gasteiger partial charge is 0.319 e. The first kappa shape index (κ1) is 8.30. The highest BCUT2D eigenvalue weighted by Gasteiger charge is 2.46. The third kappa shape index (κ3) is 1.89. The molecule has 0 saturated heterocycles. The highest BCUT2D eigenvalue weighted by molar-refractivity contribution is 14.1. The average Bonchev–Trinajstić information content (AvgIpc) is 2.82. The Kier molecular flexibility index (Phi) is 2.17. The SMILES string of the molecule is NC(I)C1(CCC2CC2)CC1. The van der Waals surface area contributed by atoms with Crippen LogP contribution in [-0.2, 0) is 0 Å². The van der Waals surface area contributed by atoms with Crippen LogP contribution in [0.4, 0.5) is 0 Å². The lowest BCUT2D eigenvalue weighted by Gasteiger charge is -2.17. The van der Waals surface area contributed by atoms with E-state index in [0.29, 0.717) is 9.46 Å². The van der Waals surface area contributed by atoms with Crippen LogP contribution in [-0.4, -0.2) is 4.05 Å². The fraction of sp³-hybridized carbons (Fsp3) is 1.00. The van der Waals surface area contributed by atoms with E-state index in [1.165, 1.54) is 38.5 Å². The van der Waals surface area contributed by atoms with E-state index in [-0.39, 0.29) is 0 Å². The lowest BCUT2D eigenvalue weighted by Crippen LogP contribution is -2.24. The van der Waals surface area contributed by atoms with E-state index in [1.54, 1.807) is 0 Å². The van der Waals surface area contributed by atoms with E-state index in [4.69, 9.17) is 5.73 Å². The summed E-state index contributed by atoms with van der Waals surface area (Å²) in [5, 5.41) is 0. The predicted octanol–water partition coefficient (Wildman–Crippen LogP) is 2.68. The number of hydrogen-bond donors (Lipinski definition) is 1. The second kappa shape index (κ2) is 2.87. The van der Waals surface area contributed by atoms with Crippen molar-refractivity contribution in [2.75, 3.05) is 0 Å². The van der Waals surface area contributed by atoms with Crippen LogP contribution in [0.25, 0.3) is 0 Å². The van der Waals surface area contributed by atoms with Gasteiger partial charge in [0.1, 0.15) is 0 Å².